The van der Waals surface area contributed by atoms with Gasteiger partial charge in [-0.05, 0) is 24.1 Å². The van der Waals surface area contributed by atoms with Gasteiger partial charge in [-0.1, -0.05) is 30.8 Å². The van der Waals surface area contributed by atoms with Crippen LogP contribution in [0.4, 0.5) is 0 Å². The second kappa shape index (κ2) is 5.32. The Kier molecular flexibility index (Phi) is 4.06. The van der Waals surface area contributed by atoms with Gasteiger partial charge in [0.15, 0.2) is 0 Å². The van der Waals surface area contributed by atoms with E-state index in [1.54, 1.807) is 0 Å². The molecular formula is C12H16N2O. The number of hydrogen-bond donors (Lipinski definition) is 2. The predicted octanol–water partition coefficient (Wildman–Crippen LogP) is 1.51. The molecule has 1 rings (SSSR count). The lowest BCUT2D eigenvalue weighted by molar-refractivity contribution is -0.116. The average molecular weight is 204 g/mol. The first kappa shape index (κ1) is 11.5. The Hall–Kier alpha value is -1.61. The normalized spacial score (nSPS) is 11.9. The van der Waals surface area contributed by atoms with Crippen molar-refractivity contribution in [1.82, 2.24) is 5.32 Å². The maximum Gasteiger partial charge on any atom is 0.243 e. The summed E-state index contributed by atoms with van der Waals surface area (Å²) in [5.41, 5.74) is 7.87. The molecule has 0 radical (unpaired) electrons. The van der Waals surface area contributed by atoms with Crippen molar-refractivity contribution in [3.8, 4) is 0 Å². The van der Waals surface area contributed by atoms with Gasteiger partial charge in [0, 0.05) is 12.6 Å². The first-order chi connectivity index (χ1) is 7.13. The van der Waals surface area contributed by atoms with Crippen LogP contribution >= 0.6 is 0 Å². The molecule has 1 aromatic carbocycles. The van der Waals surface area contributed by atoms with E-state index in [1.807, 2.05) is 31.2 Å². The molecule has 0 bridgehead atoms. The summed E-state index contributed by atoms with van der Waals surface area (Å²) >= 11 is 0. The molecule has 1 atom stereocenters. The molecule has 1 amide bonds. The Bertz CT molecular complexity index is 358. The van der Waals surface area contributed by atoms with Crippen molar-refractivity contribution in [2.24, 2.45) is 5.73 Å². The summed E-state index contributed by atoms with van der Waals surface area (Å²) in [6.07, 6.45) is 1.26. The number of rotatable bonds is 4. The van der Waals surface area contributed by atoms with Gasteiger partial charge in [0.2, 0.25) is 5.91 Å². The Morgan fingerprint density at radius 3 is 3.00 bits per heavy atom. The van der Waals surface area contributed by atoms with Gasteiger partial charge in [-0.2, -0.15) is 0 Å². The SMILES string of the molecule is C=CC(=O)NCc1cccc(C(C)N)c1. The molecule has 0 aliphatic carbocycles. The molecule has 1 aromatic rings. The summed E-state index contributed by atoms with van der Waals surface area (Å²) in [7, 11) is 0. The third-order valence-corrected chi connectivity index (χ3v) is 2.13. The molecule has 0 heterocycles. The number of nitrogens with two attached hydrogens (primary N) is 1. The van der Waals surface area contributed by atoms with E-state index in [-0.39, 0.29) is 11.9 Å². The molecule has 3 nitrogen and oxygen atoms in total. The van der Waals surface area contributed by atoms with Gasteiger partial charge in [-0.15, -0.1) is 0 Å². The van der Waals surface area contributed by atoms with E-state index in [4.69, 9.17) is 5.73 Å². The van der Waals surface area contributed by atoms with E-state index < -0.39 is 0 Å². The molecule has 80 valence electrons. The molecule has 0 aromatic heterocycles. The summed E-state index contributed by atoms with van der Waals surface area (Å²) in [5, 5.41) is 2.72. The van der Waals surface area contributed by atoms with E-state index in [9.17, 15) is 4.79 Å². The maximum atomic E-state index is 11.0. The van der Waals surface area contributed by atoms with Gasteiger partial charge in [0.05, 0.1) is 0 Å². The summed E-state index contributed by atoms with van der Waals surface area (Å²) < 4.78 is 0. The molecular weight excluding hydrogens is 188 g/mol. The van der Waals surface area contributed by atoms with Gasteiger partial charge in [0.25, 0.3) is 0 Å². The van der Waals surface area contributed by atoms with Crippen LogP contribution in [-0.4, -0.2) is 5.91 Å². The molecule has 3 N–H and O–H groups in total. The quantitative estimate of drug-likeness (QED) is 0.730. The van der Waals surface area contributed by atoms with Crippen LogP contribution in [0.15, 0.2) is 36.9 Å². The molecule has 1 unspecified atom stereocenters. The fraction of sp³-hybridized carbons (Fsp3) is 0.250. The van der Waals surface area contributed by atoms with E-state index >= 15 is 0 Å². The van der Waals surface area contributed by atoms with Crippen molar-refractivity contribution < 1.29 is 4.79 Å². The van der Waals surface area contributed by atoms with Crippen molar-refractivity contribution in [1.29, 1.82) is 0 Å². The van der Waals surface area contributed by atoms with E-state index in [0.29, 0.717) is 6.54 Å². The lowest BCUT2D eigenvalue weighted by atomic mass is 10.1. The largest absolute Gasteiger partial charge is 0.348 e. The molecule has 0 saturated heterocycles. The van der Waals surface area contributed by atoms with Gasteiger partial charge in [-0.3, -0.25) is 4.79 Å². The van der Waals surface area contributed by atoms with Gasteiger partial charge < -0.3 is 11.1 Å². The maximum absolute atomic E-state index is 11.0. The third kappa shape index (κ3) is 3.56. The Morgan fingerprint density at radius 2 is 2.40 bits per heavy atom. The zero-order valence-electron chi connectivity index (χ0n) is 8.86. The van der Waals surface area contributed by atoms with Gasteiger partial charge in [0.1, 0.15) is 0 Å². The van der Waals surface area contributed by atoms with Gasteiger partial charge in [-0.25, -0.2) is 0 Å². The lowest BCUT2D eigenvalue weighted by Gasteiger charge is -2.08. The molecule has 0 spiro atoms. The Balaban J connectivity index is 2.65. The van der Waals surface area contributed by atoms with Crippen molar-refractivity contribution in [2.45, 2.75) is 19.5 Å². The summed E-state index contributed by atoms with van der Waals surface area (Å²) in [5.74, 6) is -0.166. The van der Waals surface area contributed by atoms with Crippen LogP contribution < -0.4 is 11.1 Å². The second-order valence-electron chi connectivity index (χ2n) is 3.46. The second-order valence-corrected chi connectivity index (χ2v) is 3.46. The number of amides is 1. The van der Waals surface area contributed by atoms with Crippen LogP contribution in [0, 0.1) is 0 Å². The average Bonchev–Trinajstić information content (AvgIpc) is 2.26. The van der Waals surface area contributed by atoms with Crippen molar-refractivity contribution >= 4 is 5.91 Å². The van der Waals surface area contributed by atoms with Gasteiger partial charge >= 0.3 is 0 Å². The summed E-state index contributed by atoms with van der Waals surface area (Å²) in [6, 6.07) is 7.88. The fourth-order valence-electron chi connectivity index (χ4n) is 1.25. The minimum atomic E-state index is -0.166. The zero-order chi connectivity index (χ0) is 11.3. The fourth-order valence-corrected chi connectivity index (χ4v) is 1.25. The molecule has 0 fully saturated rings. The van der Waals surface area contributed by atoms with Crippen molar-refractivity contribution in [3.63, 3.8) is 0 Å². The minimum absolute atomic E-state index is 0.0139. The first-order valence-electron chi connectivity index (χ1n) is 4.88. The molecule has 0 aliphatic rings. The zero-order valence-corrected chi connectivity index (χ0v) is 8.86. The molecule has 15 heavy (non-hydrogen) atoms. The van der Waals surface area contributed by atoms with Crippen LogP contribution in [0.2, 0.25) is 0 Å². The standard InChI is InChI=1S/C12H16N2O/c1-3-12(15)14-8-10-5-4-6-11(7-10)9(2)13/h3-7,9H,1,8,13H2,2H3,(H,14,15). The highest BCUT2D eigenvalue weighted by Gasteiger charge is 2.01. The van der Waals surface area contributed by atoms with Crippen molar-refractivity contribution in [2.75, 3.05) is 0 Å². The topological polar surface area (TPSA) is 55.1 Å². The smallest absolute Gasteiger partial charge is 0.243 e. The van der Waals surface area contributed by atoms with Crippen LogP contribution in [0.5, 0.6) is 0 Å². The van der Waals surface area contributed by atoms with E-state index in [2.05, 4.69) is 11.9 Å². The van der Waals surface area contributed by atoms with Crippen LogP contribution in [0.3, 0.4) is 0 Å². The highest BCUT2D eigenvalue weighted by molar-refractivity contribution is 5.86. The van der Waals surface area contributed by atoms with Crippen LogP contribution in [0.1, 0.15) is 24.1 Å². The number of nitrogens with one attached hydrogen (secondary N) is 1. The Labute approximate surface area is 90.0 Å². The Morgan fingerprint density at radius 1 is 1.67 bits per heavy atom. The van der Waals surface area contributed by atoms with E-state index in [1.165, 1.54) is 6.08 Å². The number of carbonyl (C=O) groups excluding carboxylic acids is 1. The van der Waals surface area contributed by atoms with Crippen molar-refractivity contribution in [3.05, 3.63) is 48.0 Å². The van der Waals surface area contributed by atoms with Crippen LogP contribution in [-0.2, 0) is 11.3 Å². The summed E-state index contributed by atoms with van der Waals surface area (Å²) in [6.45, 7) is 5.82. The summed E-state index contributed by atoms with van der Waals surface area (Å²) in [4.78, 5) is 11.0. The monoisotopic (exact) mass is 204 g/mol. The highest BCUT2D eigenvalue weighted by atomic mass is 16.1. The highest BCUT2D eigenvalue weighted by Crippen LogP contribution is 2.11. The number of carbonyl (C=O) groups is 1. The molecule has 3 heteroatoms. The lowest BCUT2D eigenvalue weighted by Crippen LogP contribution is -2.20. The van der Waals surface area contributed by atoms with Crippen LogP contribution in [0.25, 0.3) is 0 Å². The molecule has 0 aliphatic heterocycles. The minimum Gasteiger partial charge on any atom is -0.348 e. The predicted molar refractivity (Wildman–Crippen MR) is 61.1 cm³/mol. The number of benzene rings is 1. The third-order valence-electron chi connectivity index (χ3n) is 2.13. The van der Waals surface area contributed by atoms with E-state index in [0.717, 1.165) is 11.1 Å². The number of hydrogen-bond acceptors (Lipinski definition) is 2. The first-order valence-corrected chi connectivity index (χ1v) is 4.88. The molecule has 0 saturated carbocycles.